The van der Waals surface area contributed by atoms with Crippen LogP contribution in [0.3, 0.4) is 0 Å². The summed E-state index contributed by atoms with van der Waals surface area (Å²) >= 11 is 1.41. The molecule has 2 fully saturated rings. The molecule has 2 aliphatic rings. The normalized spacial score (nSPS) is 30.6. The number of aliphatic hydroxyl groups is 1. The molecule has 2 heterocycles. The summed E-state index contributed by atoms with van der Waals surface area (Å²) in [5.74, 6) is 0.180. The van der Waals surface area contributed by atoms with Gasteiger partial charge in [0.25, 0.3) is 0 Å². The number of thiazole rings is 1. The van der Waals surface area contributed by atoms with Gasteiger partial charge in [0.2, 0.25) is 0 Å². The highest BCUT2D eigenvalue weighted by Gasteiger charge is 2.55. The number of nitrogens with zero attached hydrogens (tertiary/aromatic N) is 2. The second kappa shape index (κ2) is 3.42. The third-order valence-corrected chi connectivity index (χ3v) is 5.22. The van der Waals surface area contributed by atoms with E-state index < -0.39 is 5.60 Å². The molecule has 3 nitrogen and oxygen atoms in total. The van der Waals surface area contributed by atoms with Crippen LogP contribution in [0.4, 0.5) is 9.52 Å². The molecule has 1 aromatic carbocycles. The van der Waals surface area contributed by atoms with Crippen LogP contribution in [-0.2, 0) is 0 Å². The van der Waals surface area contributed by atoms with Gasteiger partial charge in [-0.2, -0.15) is 0 Å². The lowest BCUT2D eigenvalue weighted by molar-refractivity contribution is 0.114. The molecule has 0 unspecified atom stereocenters. The summed E-state index contributed by atoms with van der Waals surface area (Å²) in [6, 6.07) is 5.01. The number of piperidine rings is 1. The van der Waals surface area contributed by atoms with E-state index in [2.05, 4.69) is 9.88 Å². The molecule has 18 heavy (non-hydrogen) atoms. The monoisotopic (exact) mass is 264 g/mol. The minimum atomic E-state index is -0.404. The Kier molecular flexibility index (Phi) is 2.03. The van der Waals surface area contributed by atoms with E-state index in [-0.39, 0.29) is 5.82 Å². The number of anilines is 1. The van der Waals surface area contributed by atoms with Crippen LogP contribution in [0, 0.1) is 11.7 Å². The van der Waals surface area contributed by atoms with Gasteiger partial charge in [0.05, 0.1) is 15.8 Å². The molecule has 1 saturated heterocycles. The van der Waals surface area contributed by atoms with E-state index in [4.69, 9.17) is 0 Å². The molecule has 5 heteroatoms. The molecule has 0 radical (unpaired) electrons. The van der Waals surface area contributed by atoms with Crippen LogP contribution in [0.1, 0.15) is 12.8 Å². The number of fused-ring (bicyclic) bond motifs is 2. The second-order valence-electron chi connectivity index (χ2n) is 5.29. The van der Waals surface area contributed by atoms with Crippen LogP contribution < -0.4 is 4.90 Å². The van der Waals surface area contributed by atoms with Gasteiger partial charge in [-0.15, -0.1) is 0 Å². The topological polar surface area (TPSA) is 36.4 Å². The highest BCUT2D eigenvalue weighted by Crippen LogP contribution is 2.50. The van der Waals surface area contributed by atoms with Crippen molar-refractivity contribution in [1.29, 1.82) is 0 Å². The molecule has 94 valence electrons. The fourth-order valence-electron chi connectivity index (χ4n) is 2.81. The number of aromatic nitrogens is 1. The SMILES string of the molecule is O[C@@]12CCN(c3nc4cccc(F)c4s3)C[C@@H]1C2. The Bertz CT molecular complexity index is 628. The van der Waals surface area contributed by atoms with Crippen LogP contribution in [0.25, 0.3) is 10.2 Å². The van der Waals surface area contributed by atoms with Crippen molar-refractivity contribution in [1.82, 2.24) is 4.98 Å². The molecule has 1 aliphatic carbocycles. The maximum absolute atomic E-state index is 13.6. The summed E-state index contributed by atoms with van der Waals surface area (Å²) < 4.78 is 14.3. The average Bonchev–Trinajstić information content (AvgIpc) is 2.82. The van der Waals surface area contributed by atoms with Crippen molar-refractivity contribution in [2.75, 3.05) is 18.0 Å². The van der Waals surface area contributed by atoms with Crippen molar-refractivity contribution < 1.29 is 9.50 Å². The molecular formula is C13H13FN2OS. The predicted molar refractivity (Wildman–Crippen MR) is 69.5 cm³/mol. The van der Waals surface area contributed by atoms with Gasteiger partial charge in [0.1, 0.15) is 5.82 Å². The molecule has 1 saturated carbocycles. The fraction of sp³-hybridized carbons (Fsp3) is 0.462. The molecular weight excluding hydrogens is 251 g/mol. The van der Waals surface area contributed by atoms with Crippen LogP contribution in [0.15, 0.2) is 18.2 Å². The quantitative estimate of drug-likeness (QED) is 0.859. The number of halogens is 1. The summed E-state index contributed by atoms with van der Waals surface area (Å²) in [5.41, 5.74) is 0.324. The Labute approximate surface area is 108 Å². The van der Waals surface area contributed by atoms with Crippen LogP contribution in [-0.4, -0.2) is 28.8 Å². The molecule has 0 bridgehead atoms. The Hall–Kier alpha value is -1.20. The number of hydrogen-bond acceptors (Lipinski definition) is 4. The Balaban J connectivity index is 1.69. The zero-order chi connectivity index (χ0) is 12.3. The molecule has 1 N–H and O–H groups in total. The number of benzene rings is 1. The third-order valence-electron chi connectivity index (χ3n) is 4.08. The average molecular weight is 264 g/mol. The van der Waals surface area contributed by atoms with Gasteiger partial charge in [0, 0.05) is 19.0 Å². The molecule has 0 amide bonds. The Morgan fingerprint density at radius 1 is 1.50 bits per heavy atom. The van der Waals surface area contributed by atoms with Gasteiger partial charge >= 0.3 is 0 Å². The first kappa shape index (κ1) is 10.7. The minimum Gasteiger partial charge on any atom is -0.389 e. The molecule has 4 rings (SSSR count). The zero-order valence-electron chi connectivity index (χ0n) is 9.77. The number of rotatable bonds is 1. The first-order chi connectivity index (χ1) is 8.66. The molecule has 1 aliphatic heterocycles. The van der Waals surface area contributed by atoms with E-state index in [1.54, 1.807) is 6.07 Å². The van der Waals surface area contributed by atoms with Gasteiger partial charge in [-0.3, -0.25) is 0 Å². The maximum atomic E-state index is 13.6. The summed E-state index contributed by atoms with van der Waals surface area (Å²) in [7, 11) is 0. The van der Waals surface area contributed by atoms with Crippen molar-refractivity contribution in [2.45, 2.75) is 18.4 Å². The van der Waals surface area contributed by atoms with Crippen LogP contribution in [0.2, 0.25) is 0 Å². The Morgan fingerprint density at radius 2 is 2.39 bits per heavy atom. The van der Waals surface area contributed by atoms with Crippen LogP contribution in [0.5, 0.6) is 0 Å². The summed E-state index contributed by atoms with van der Waals surface area (Å²) in [4.78, 5) is 6.67. The first-order valence-electron chi connectivity index (χ1n) is 6.18. The van der Waals surface area contributed by atoms with Gasteiger partial charge < -0.3 is 10.0 Å². The summed E-state index contributed by atoms with van der Waals surface area (Å²) in [6.07, 6.45) is 1.71. The molecule has 1 aromatic heterocycles. The van der Waals surface area contributed by atoms with E-state index in [0.29, 0.717) is 10.6 Å². The van der Waals surface area contributed by atoms with E-state index in [1.807, 2.05) is 6.07 Å². The van der Waals surface area contributed by atoms with E-state index >= 15 is 0 Å². The van der Waals surface area contributed by atoms with Crippen molar-refractivity contribution in [3.8, 4) is 0 Å². The highest BCUT2D eigenvalue weighted by atomic mass is 32.1. The standard InChI is InChI=1S/C13H13FN2OS/c14-9-2-1-3-10-11(9)18-12(15-10)16-5-4-13(17)6-8(13)7-16/h1-3,8,17H,4-7H2/t8-,13+/m0/s1. The lowest BCUT2D eigenvalue weighted by Gasteiger charge is -2.28. The van der Waals surface area contributed by atoms with Crippen molar-refractivity contribution in [2.24, 2.45) is 5.92 Å². The largest absolute Gasteiger partial charge is 0.389 e. The zero-order valence-corrected chi connectivity index (χ0v) is 10.6. The second-order valence-corrected chi connectivity index (χ2v) is 6.26. The van der Waals surface area contributed by atoms with Crippen molar-refractivity contribution in [3.63, 3.8) is 0 Å². The fourth-order valence-corrected chi connectivity index (χ4v) is 3.81. The lowest BCUT2D eigenvalue weighted by atomic mass is 10.1. The molecule has 2 aromatic rings. The summed E-state index contributed by atoms with van der Waals surface area (Å²) in [5, 5.41) is 10.9. The van der Waals surface area contributed by atoms with Gasteiger partial charge in [-0.25, -0.2) is 9.37 Å². The highest BCUT2D eigenvalue weighted by molar-refractivity contribution is 7.22. The van der Waals surface area contributed by atoms with Crippen molar-refractivity contribution in [3.05, 3.63) is 24.0 Å². The molecule has 0 spiro atoms. The van der Waals surface area contributed by atoms with E-state index in [1.165, 1.54) is 17.4 Å². The maximum Gasteiger partial charge on any atom is 0.186 e. The van der Waals surface area contributed by atoms with E-state index in [9.17, 15) is 9.50 Å². The smallest absolute Gasteiger partial charge is 0.186 e. The third kappa shape index (κ3) is 1.47. The Morgan fingerprint density at radius 3 is 3.17 bits per heavy atom. The lowest BCUT2D eigenvalue weighted by Crippen LogP contribution is -2.37. The minimum absolute atomic E-state index is 0.198. The van der Waals surface area contributed by atoms with Gasteiger partial charge in [-0.1, -0.05) is 17.4 Å². The summed E-state index contributed by atoms with van der Waals surface area (Å²) in [6.45, 7) is 1.66. The van der Waals surface area contributed by atoms with Crippen molar-refractivity contribution >= 4 is 26.7 Å². The van der Waals surface area contributed by atoms with Gasteiger partial charge in [-0.05, 0) is 25.0 Å². The molecule has 2 atom stereocenters. The van der Waals surface area contributed by atoms with Gasteiger partial charge in [0.15, 0.2) is 5.13 Å². The van der Waals surface area contributed by atoms with E-state index in [0.717, 1.165) is 36.6 Å². The first-order valence-corrected chi connectivity index (χ1v) is 7.00. The number of hydrogen-bond donors (Lipinski definition) is 1. The predicted octanol–water partition coefficient (Wildman–Crippen LogP) is 2.40. The van der Waals surface area contributed by atoms with Crippen LogP contribution >= 0.6 is 11.3 Å².